The van der Waals surface area contributed by atoms with Crippen LogP contribution >= 0.6 is 17.0 Å². The molecule has 2 heteroatoms. The minimum Gasteiger partial charge on any atom is -0.325 e. The van der Waals surface area contributed by atoms with Crippen molar-refractivity contribution in [1.29, 1.82) is 0 Å². The van der Waals surface area contributed by atoms with Crippen LogP contribution in [-0.2, 0) is 5.41 Å². The Hall–Kier alpha value is -0.340. The van der Waals surface area contributed by atoms with Gasteiger partial charge in [0.05, 0.1) is 0 Å². The average Bonchev–Trinajstić information content (AvgIpc) is 1.99. The molecule has 3 aliphatic carbocycles. The largest absolute Gasteiger partial charge is 0.325 e. The van der Waals surface area contributed by atoms with Crippen LogP contribution in [0.5, 0.6) is 0 Å². The Labute approximate surface area is 89.1 Å². The Kier molecular flexibility index (Phi) is 1.83. The third-order valence-electron chi connectivity index (χ3n) is 3.46. The molecule has 3 fully saturated rings. The van der Waals surface area contributed by atoms with Crippen LogP contribution in [-0.4, -0.2) is 5.54 Å². The number of hydrogen-bond donors (Lipinski definition) is 1. The summed E-state index contributed by atoms with van der Waals surface area (Å²) in [6.45, 7) is 0. The Morgan fingerprint density at radius 1 is 1.00 bits per heavy atom. The number of halogens is 1. The predicted molar refractivity (Wildman–Crippen MR) is 59.2 cm³/mol. The maximum atomic E-state index is 6.01. The summed E-state index contributed by atoms with van der Waals surface area (Å²) < 4.78 is 0. The topological polar surface area (TPSA) is 26.0 Å². The molecule has 70 valence electrons. The maximum Gasteiger partial charge on any atom is 0.0179 e. The highest BCUT2D eigenvalue weighted by Crippen LogP contribution is 2.66. The number of nitrogens with two attached hydrogens (primary N) is 1. The summed E-state index contributed by atoms with van der Waals surface area (Å²) in [4.78, 5) is 0. The zero-order chi connectivity index (χ0) is 8.23. The SMILES string of the molecule is Br.NC12CC(c3ccccc3)(C1)C2. The van der Waals surface area contributed by atoms with E-state index in [2.05, 4.69) is 30.3 Å². The van der Waals surface area contributed by atoms with Crippen molar-refractivity contribution in [3.8, 4) is 0 Å². The van der Waals surface area contributed by atoms with Crippen molar-refractivity contribution in [2.24, 2.45) is 5.73 Å². The predicted octanol–water partition coefficient (Wildman–Crippen LogP) is 2.40. The van der Waals surface area contributed by atoms with Crippen LogP contribution in [0.4, 0.5) is 0 Å². The highest BCUT2D eigenvalue weighted by atomic mass is 79.9. The molecule has 3 saturated carbocycles. The molecule has 0 heterocycles. The molecule has 1 nitrogen and oxygen atoms in total. The van der Waals surface area contributed by atoms with Crippen molar-refractivity contribution in [1.82, 2.24) is 0 Å². The molecule has 1 aromatic carbocycles. The van der Waals surface area contributed by atoms with E-state index in [0.29, 0.717) is 5.41 Å². The molecule has 0 aliphatic heterocycles. The summed E-state index contributed by atoms with van der Waals surface area (Å²) in [6.07, 6.45) is 3.64. The summed E-state index contributed by atoms with van der Waals surface area (Å²) in [5.74, 6) is 0. The van der Waals surface area contributed by atoms with E-state index < -0.39 is 0 Å². The van der Waals surface area contributed by atoms with E-state index in [4.69, 9.17) is 5.73 Å². The van der Waals surface area contributed by atoms with Gasteiger partial charge < -0.3 is 5.73 Å². The van der Waals surface area contributed by atoms with Crippen molar-refractivity contribution in [2.75, 3.05) is 0 Å². The highest BCUT2D eigenvalue weighted by molar-refractivity contribution is 8.93. The Bertz CT molecular complexity index is 300. The van der Waals surface area contributed by atoms with Crippen molar-refractivity contribution in [3.63, 3.8) is 0 Å². The van der Waals surface area contributed by atoms with Gasteiger partial charge in [-0.3, -0.25) is 0 Å². The molecule has 0 atom stereocenters. The summed E-state index contributed by atoms with van der Waals surface area (Å²) in [5.41, 5.74) is 8.24. The highest BCUT2D eigenvalue weighted by Gasteiger charge is 2.66. The lowest BCUT2D eigenvalue weighted by molar-refractivity contribution is -0.0589. The van der Waals surface area contributed by atoms with Gasteiger partial charge in [-0.15, -0.1) is 17.0 Å². The summed E-state index contributed by atoms with van der Waals surface area (Å²) in [7, 11) is 0. The molecule has 3 aliphatic rings. The lowest BCUT2D eigenvalue weighted by Crippen LogP contribution is -2.74. The molecular formula is C11H14BrN. The summed E-state index contributed by atoms with van der Waals surface area (Å²) in [6, 6.07) is 10.8. The third-order valence-corrected chi connectivity index (χ3v) is 3.46. The number of hydrogen-bond acceptors (Lipinski definition) is 1. The molecule has 2 N–H and O–H groups in total. The standard InChI is InChI=1S/C11H13N.BrH/c12-11-6-10(7-11,8-11)9-4-2-1-3-5-9;/h1-5H,6-8,12H2;1H. The fraction of sp³-hybridized carbons (Fsp3) is 0.455. The second kappa shape index (κ2) is 2.58. The van der Waals surface area contributed by atoms with E-state index in [1.54, 1.807) is 0 Å². The molecule has 0 spiro atoms. The van der Waals surface area contributed by atoms with Crippen LogP contribution in [0, 0.1) is 0 Å². The van der Waals surface area contributed by atoms with Crippen LogP contribution in [0.15, 0.2) is 30.3 Å². The molecule has 0 aromatic heterocycles. The minimum absolute atomic E-state index is 0. The lowest BCUT2D eigenvalue weighted by atomic mass is 9.38. The van der Waals surface area contributed by atoms with E-state index >= 15 is 0 Å². The van der Waals surface area contributed by atoms with E-state index in [-0.39, 0.29) is 22.5 Å². The molecule has 0 amide bonds. The van der Waals surface area contributed by atoms with E-state index in [1.807, 2.05) is 0 Å². The zero-order valence-electron chi connectivity index (χ0n) is 7.49. The first kappa shape index (κ1) is 9.22. The van der Waals surface area contributed by atoms with E-state index in [1.165, 1.54) is 24.8 Å². The van der Waals surface area contributed by atoms with E-state index in [9.17, 15) is 0 Å². The fourth-order valence-corrected chi connectivity index (χ4v) is 2.96. The second-order valence-electron chi connectivity index (χ2n) is 4.54. The number of benzene rings is 1. The molecule has 0 saturated heterocycles. The second-order valence-corrected chi connectivity index (χ2v) is 4.54. The van der Waals surface area contributed by atoms with Gasteiger partial charge in [-0.2, -0.15) is 0 Å². The van der Waals surface area contributed by atoms with Crippen LogP contribution in [0.3, 0.4) is 0 Å². The van der Waals surface area contributed by atoms with Crippen LogP contribution in [0.1, 0.15) is 24.8 Å². The van der Waals surface area contributed by atoms with Gasteiger partial charge in [-0.05, 0) is 24.8 Å². The van der Waals surface area contributed by atoms with Crippen molar-refractivity contribution < 1.29 is 0 Å². The quantitative estimate of drug-likeness (QED) is 0.801. The van der Waals surface area contributed by atoms with E-state index in [0.717, 1.165) is 0 Å². The number of rotatable bonds is 1. The van der Waals surface area contributed by atoms with Gasteiger partial charge in [0.2, 0.25) is 0 Å². The zero-order valence-corrected chi connectivity index (χ0v) is 9.21. The first-order chi connectivity index (χ1) is 5.73. The Morgan fingerprint density at radius 2 is 1.54 bits per heavy atom. The first-order valence-corrected chi connectivity index (χ1v) is 4.57. The van der Waals surface area contributed by atoms with Gasteiger partial charge >= 0.3 is 0 Å². The summed E-state index contributed by atoms with van der Waals surface area (Å²) in [5, 5.41) is 0. The molecule has 1 aromatic rings. The third kappa shape index (κ3) is 1.09. The normalized spacial score (nSPS) is 39.8. The molecule has 0 unspecified atom stereocenters. The molecular weight excluding hydrogens is 226 g/mol. The molecule has 2 bridgehead atoms. The molecule has 4 rings (SSSR count). The van der Waals surface area contributed by atoms with Gasteiger partial charge in [0.25, 0.3) is 0 Å². The first-order valence-electron chi connectivity index (χ1n) is 4.57. The molecule has 13 heavy (non-hydrogen) atoms. The minimum atomic E-state index is 0. The summed E-state index contributed by atoms with van der Waals surface area (Å²) >= 11 is 0. The van der Waals surface area contributed by atoms with Crippen LogP contribution < -0.4 is 5.73 Å². The van der Waals surface area contributed by atoms with Gasteiger partial charge in [0.15, 0.2) is 0 Å². The van der Waals surface area contributed by atoms with Crippen LogP contribution in [0.25, 0.3) is 0 Å². The fourth-order valence-electron chi connectivity index (χ4n) is 2.96. The Balaban J connectivity index is 0.000000653. The molecule has 0 radical (unpaired) electrons. The van der Waals surface area contributed by atoms with Gasteiger partial charge in [0.1, 0.15) is 0 Å². The Morgan fingerprint density at radius 3 is 2.00 bits per heavy atom. The average molecular weight is 240 g/mol. The van der Waals surface area contributed by atoms with Gasteiger partial charge in [-0.1, -0.05) is 30.3 Å². The van der Waals surface area contributed by atoms with Gasteiger partial charge in [-0.25, -0.2) is 0 Å². The van der Waals surface area contributed by atoms with Crippen LogP contribution in [0.2, 0.25) is 0 Å². The van der Waals surface area contributed by atoms with Crippen molar-refractivity contribution in [2.45, 2.75) is 30.2 Å². The van der Waals surface area contributed by atoms with Gasteiger partial charge in [0, 0.05) is 11.0 Å². The lowest BCUT2D eigenvalue weighted by Gasteiger charge is -2.69. The van der Waals surface area contributed by atoms with Crippen molar-refractivity contribution >= 4 is 17.0 Å². The monoisotopic (exact) mass is 239 g/mol. The van der Waals surface area contributed by atoms with Crippen molar-refractivity contribution in [3.05, 3.63) is 35.9 Å². The maximum absolute atomic E-state index is 6.01. The smallest absolute Gasteiger partial charge is 0.0179 e.